The van der Waals surface area contributed by atoms with E-state index in [0.717, 1.165) is 16.9 Å². The summed E-state index contributed by atoms with van der Waals surface area (Å²) in [5.41, 5.74) is 11.4. The van der Waals surface area contributed by atoms with Crippen molar-refractivity contribution in [1.29, 1.82) is 0 Å². The summed E-state index contributed by atoms with van der Waals surface area (Å²) >= 11 is 0. The van der Waals surface area contributed by atoms with Crippen LogP contribution in [0.5, 0.6) is 0 Å². The summed E-state index contributed by atoms with van der Waals surface area (Å²) in [4.78, 5) is 42.9. The van der Waals surface area contributed by atoms with Crippen LogP contribution in [-0.4, -0.2) is 41.5 Å². The molecule has 1 aliphatic rings. The number of carbonyl (C=O) groups is 2. The van der Waals surface area contributed by atoms with E-state index in [1.165, 1.54) is 0 Å². The van der Waals surface area contributed by atoms with Crippen LogP contribution >= 0.6 is 0 Å². The molecule has 0 bridgehead atoms. The van der Waals surface area contributed by atoms with Crippen molar-refractivity contribution in [3.8, 4) is 28.3 Å². The number of carboxylic acids is 1. The molecule has 2 atom stereocenters. The number of hydrogen-bond acceptors (Lipinski definition) is 7. The van der Waals surface area contributed by atoms with E-state index >= 15 is 0 Å². The van der Waals surface area contributed by atoms with E-state index in [9.17, 15) is 14.7 Å². The van der Waals surface area contributed by atoms with Crippen LogP contribution in [0.3, 0.4) is 0 Å². The molecule has 10 heteroatoms. The maximum atomic E-state index is 12.8. The van der Waals surface area contributed by atoms with E-state index in [-0.39, 0.29) is 11.8 Å². The summed E-state index contributed by atoms with van der Waals surface area (Å²) in [7, 11) is 0. The van der Waals surface area contributed by atoms with E-state index in [1.54, 1.807) is 18.3 Å². The lowest BCUT2D eigenvalue weighted by Gasteiger charge is -2.15. The van der Waals surface area contributed by atoms with Gasteiger partial charge in [-0.2, -0.15) is 0 Å². The van der Waals surface area contributed by atoms with Crippen molar-refractivity contribution in [2.75, 3.05) is 11.1 Å². The Balaban J connectivity index is 1.41. The van der Waals surface area contributed by atoms with E-state index in [2.05, 4.69) is 15.3 Å². The van der Waals surface area contributed by atoms with Gasteiger partial charge in [0, 0.05) is 17.7 Å². The molecule has 4 heterocycles. The molecule has 0 saturated heterocycles. The molecule has 0 radical (unpaired) electrons. The van der Waals surface area contributed by atoms with Gasteiger partial charge in [0.1, 0.15) is 17.2 Å². The fourth-order valence-corrected chi connectivity index (χ4v) is 5.27. The van der Waals surface area contributed by atoms with Crippen molar-refractivity contribution < 1.29 is 14.7 Å². The standard InChI is InChI=1S/C30H27N7O3/c1-17-24(13-14-25(33-17)36-29(38)19-9-10-20(16-19)30(39)40)37-27(21-8-5-15-32-26(21)31)35-23-12-11-22(34-28(23)37)18-6-3-2-4-7-18/h2-8,11-15,19-20H,9-10,16H2,1H3,(H2,31,32)(H,39,40)(H,33,36,38). The van der Waals surface area contributed by atoms with E-state index < -0.39 is 11.9 Å². The molecular formula is C30H27N7O3. The highest BCUT2D eigenvalue weighted by Gasteiger charge is 2.34. The largest absolute Gasteiger partial charge is 0.481 e. The van der Waals surface area contributed by atoms with Crippen LogP contribution in [-0.2, 0) is 9.59 Å². The number of aromatic nitrogens is 5. The number of fused-ring (bicyclic) bond motifs is 1. The quantitative estimate of drug-likeness (QED) is 0.280. The number of benzene rings is 1. The Hall–Kier alpha value is -5.12. The number of pyridine rings is 3. The summed E-state index contributed by atoms with van der Waals surface area (Å²) in [6.07, 6.45) is 3.02. The first-order valence-electron chi connectivity index (χ1n) is 13.1. The zero-order valence-corrected chi connectivity index (χ0v) is 21.8. The molecule has 0 aliphatic heterocycles. The Kier molecular flexibility index (Phi) is 6.43. The van der Waals surface area contributed by atoms with Crippen molar-refractivity contribution in [3.63, 3.8) is 0 Å². The van der Waals surface area contributed by atoms with Gasteiger partial charge in [0.15, 0.2) is 11.5 Å². The molecule has 5 aromatic rings. The molecule has 2 unspecified atom stereocenters. The number of nitrogens with two attached hydrogens (primary N) is 1. The number of nitrogens with zero attached hydrogens (tertiary/aromatic N) is 5. The molecule has 1 saturated carbocycles. The van der Waals surface area contributed by atoms with Crippen molar-refractivity contribution in [2.45, 2.75) is 26.2 Å². The first-order chi connectivity index (χ1) is 19.4. The van der Waals surface area contributed by atoms with Crippen LogP contribution in [0.25, 0.3) is 39.5 Å². The molecule has 0 spiro atoms. The fourth-order valence-electron chi connectivity index (χ4n) is 5.27. The first-order valence-corrected chi connectivity index (χ1v) is 13.1. The number of rotatable bonds is 6. The Morgan fingerprint density at radius 1 is 0.950 bits per heavy atom. The lowest BCUT2D eigenvalue weighted by atomic mass is 10.0. The molecule has 1 aromatic carbocycles. The predicted octanol–water partition coefficient (Wildman–Crippen LogP) is 4.87. The van der Waals surface area contributed by atoms with Crippen LogP contribution in [0.2, 0.25) is 0 Å². The van der Waals surface area contributed by atoms with Gasteiger partial charge in [0.25, 0.3) is 0 Å². The van der Waals surface area contributed by atoms with Gasteiger partial charge >= 0.3 is 5.97 Å². The number of nitrogens with one attached hydrogen (secondary N) is 1. The van der Waals surface area contributed by atoms with Gasteiger partial charge in [-0.15, -0.1) is 0 Å². The highest BCUT2D eigenvalue weighted by atomic mass is 16.4. The number of aliphatic carboxylic acids is 1. The number of imidazole rings is 1. The number of nitrogen functional groups attached to an aromatic ring is 1. The van der Waals surface area contributed by atoms with Crippen LogP contribution < -0.4 is 11.1 Å². The van der Waals surface area contributed by atoms with E-state index in [0.29, 0.717) is 59.1 Å². The third-order valence-electron chi connectivity index (χ3n) is 7.36. The minimum Gasteiger partial charge on any atom is -0.481 e. The molecule has 4 aromatic heterocycles. The Morgan fingerprint density at radius 3 is 2.48 bits per heavy atom. The minimum atomic E-state index is -0.852. The minimum absolute atomic E-state index is 0.213. The number of carboxylic acid groups (broad SMARTS) is 1. The molecule has 1 amide bonds. The predicted molar refractivity (Wildman–Crippen MR) is 152 cm³/mol. The average Bonchev–Trinajstić information content (AvgIpc) is 3.60. The molecule has 200 valence electrons. The van der Waals surface area contributed by atoms with Gasteiger partial charge in [-0.25, -0.2) is 19.9 Å². The number of carbonyl (C=O) groups excluding carboxylic acids is 1. The average molecular weight is 534 g/mol. The summed E-state index contributed by atoms with van der Waals surface area (Å²) < 4.78 is 1.91. The SMILES string of the molecule is Cc1nc(NC(=O)C2CCC(C(=O)O)C2)ccc1-n1c(-c2cccnc2N)nc2ccc(-c3ccccc3)nc21. The Labute approximate surface area is 230 Å². The zero-order chi connectivity index (χ0) is 27.8. The summed E-state index contributed by atoms with van der Waals surface area (Å²) in [6, 6.07) is 21.0. The van der Waals surface area contributed by atoms with Crippen LogP contribution in [0.1, 0.15) is 25.0 Å². The monoisotopic (exact) mass is 533 g/mol. The van der Waals surface area contributed by atoms with Gasteiger partial charge in [-0.1, -0.05) is 30.3 Å². The topological polar surface area (TPSA) is 149 Å². The molecular weight excluding hydrogens is 506 g/mol. The highest BCUT2D eigenvalue weighted by molar-refractivity contribution is 5.92. The number of amides is 1. The lowest BCUT2D eigenvalue weighted by Crippen LogP contribution is -2.22. The Bertz CT molecular complexity index is 1750. The third kappa shape index (κ3) is 4.64. The highest BCUT2D eigenvalue weighted by Crippen LogP contribution is 2.34. The number of hydrogen-bond donors (Lipinski definition) is 3. The zero-order valence-electron chi connectivity index (χ0n) is 21.8. The summed E-state index contributed by atoms with van der Waals surface area (Å²) in [5, 5.41) is 12.1. The summed E-state index contributed by atoms with van der Waals surface area (Å²) in [5.74, 6) is -0.575. The molecule has 6 rings (SSSR count). The number of anilines is 2. The molecule has 10 nitrogen and oxygen atoms in total. The van der Waals surface area contributed by atoms with Gasteiger partial charge in [-0.3, -0.25) is 14.2 Å². The third-order valence-corrected chi connectivity index (χ3v) is 7.36. The molecule has 1 aliphatic carbocycles. The van der Waals surface area contributed by atoms with Gasteiger partial charge in [0.2, 0.25) is 5.91 Å². The van der Waals surface area contributed by atoms with Crippen LogP contribution in [0, 0.1) is 18.8 Å². The molecule has 1 fully saturated rings. The molecule has 40 heavy (non-hydrogen) atoms. The number of aryl methyl sites for hydroxylation is 1. The second-order valence-corrected chi connectivity index (χ2v) is 9.95. The normalized spacial score (nSPS) is 16.7. The van der Waals surface area contributed by atoms with Crippen molar-refractivity contribution in [1.82, 2.24) is 24.5 Å². The maximum Gasteiger partial charge on any atom is 0.306 e. The fraction of sp³-hybridized carbons (Fsp3) is 0.200. The van der Waals surface area contributed by atoms with Gasteiger partial charge < -0.3 is 16.2 Å². The first kappa shape index (κ1) is 25.2. The van der Waals surface area contributed by atoms with Crippen molar-refractivity contribution >= 4 is 34.7 Å². The van der Waals surface area contributed by atoms with Crippen molar-refractivity contribution in [2.24, 2.45) is 11.8 Å². The smallest absolute Gasteiger partial charge is 0.306 e. The van der Waals surface area contributed by atoms with Gasteiger partial charge in [-0.05, 0) is 62.6 Å². The molecule has 4 N–H and O–H groups in total. The van der Waals surface area contributed by atoms with Crippen molar-refractivity contribution in [3.05, 3.63) is 78.6 Å². The second kappa shape index (κ2) is 10.2. The second-order valence-electron chi connectivity index (χ2n) is 9.95. The van der Waals surface area contributed by atoms with E-state index in [1.807, 2.05) is 66.1 Å². The maximum absolute atomic E-state index is 12.8. The van der Waals surface area contributed by atoms with Crippen LogP contribution in [0.15, 0.2) is 72.9 Å². The summed E-state index contributed by atoms with van der Waals surface area (Å²) in [6.45, 7) is 1.85. The van der Waals surface area contributed by atoms with Crippen LogP contribution in [0.4, 0.5) is 11.6 Å². The van der Waals surface area contributed by atoms with E-state index in [4.69, 9.17) is 15.7 Å². The van der Waals surface area contributed by atoms with Gasteiger partial charge in [0.05, 0.1) is 28.6 Å². The lowest BCUT2D eigenvalue weighted by molar-refractivity contribution is -0.141. The Morgan fingerprint density at radius 2 is 1.75 bits per heavy atom.